The number of carbonyl (C=O) groups excluding carboxylic acids is 3. The summed E-state index contributed by atoms with van der Waals surface area (Å²) < 4.78 is 2.65. The minimum atomic E-state index is -1.87. The predicted octanol–water partition coefficient (Wildman–Crippen LogP) is 3.10. The Labute approximate surface area is 201 Å². The molecule has 29 heavy (non-hydrogen) atoms. The van der Waals surface area contributed by atoms with Gasteiger partial charge in [-0.1, -0.05) is 76.1 Å². The van der Waals surface area contributed by atoms with Gasteiger partial charge in [0.1, 0.15) is 17.5 Å². The number of hydrogen-bond acceptors (Lipinski definition) is 5. The molecular weight excluding hydrogens is 574 g/mol. The number of nitrogens with zero attached hydrogens (tertiary/aromatic N) is 1. The number of nitrogens with one attached hydrogen (secondary N) is 1. The van der Waals surface area contributed by atoms with Crippen molar-refractivity contribution in [1.29, 1.82) is 0 Å². The summed E-state index contributed by atoms with van der Waals surface area (Å²) in [5.74, 6) is -1.05. The van der Waals surface area contributed by atoms with E-state index in [2.05, 4.69) is 27.9 Å². The maximum Gasteiger partial charge on any atom is 0.332 e. The Balaban J connectivity index is 1.69. The number of alkyl halides is 4. The molecule has 6 nitrogen and oxygen atoms in total. The summed E-state index contributed by atoms with van der Waals surface area (Å²) in [5, 5.41) is 2.42. The molecule has 2 fully saturated rings. The lowest BCUT2D eigenvalue weighted by Gasteiger charge is -2.56. The van der Waals surface area contributed by atoms with E-state index in [9.17, 15) is 14.4 Å². The van der Waals surface area contributed by atoms with Crippen molar-refractivity contribution in [1.82, 2.24) is 10.2 Å². The zero-order valence-corrected chi connectivity index (χ0v) is 20.5. The monoisotopic (exact) mass is 590 g/mol. The molecule has 2 aliphatic heterocycles. The van der Waals surface area contributed by atoms with Crippen LogP contribution in [0.3, 0.4) is 0 Å². The number of rotatable bonds is 6. The third-order valence-corrected chi connectivity index (χ3v) is 8.78. The van der Waals surface area contributed by atoms with Gasteiger partial charge in [-0.2, -0.15) is 0 Å². The second-order valence-corrected chi connectivity index (χ2v) is 12.3. The van der Waals surface area contributed by atoms with E-state index in [0.29, 0.717) is 5.75 Å². The largest absolute Gasteiger partial charge is 0.426 e. The number of thioether (sulfide) groups is 1. The summed E-state index contributed by atoms with van der Waals surface area (Å²) in [6, 6.07) is 7.68. The van der Waals surface area contributed by atoms with Crippen LogP contribution in [0.25, 0.3) is 0 Å². The van der Waals surface area contributed by atoms with Crippen molar-refractivity contribution in [3.63, 3.8) is 0 Å². The van der Waals surface area contributed by atoms with Crippen molar-refractivity contribution >= 4 is 86.9 Å². The van der Waals surface area contributed by atoms with Crippen LogP contribution in [0, 0.1) is 0 Å². The number of benzene rings is 1. The molecule has 4 atom stereocenters. The fourth-order valence-electron chi connectivity index (χ4n) is 3.28. The molecule has 1 N–H and O–H groups in total. The summed E-state index contributed by atoms with van der Waals surface area (Å²) in [6.07, 6.45) is 0.175. The van der Waals surface area contributed by atoms with Gasteiger partial charge in [0.05, 0.1) is 15.7 Å². The second-order valence-electron chi connectivity index (χ2n) is 7.03. The molecule has 1 aromatic carbocycles. The van der Waals surface area contributed by atoms with Crippen molar-refractivity contribution < 1.29 is 19.1 Å². The molecule has 3 unspecified atom stereocenters. The first-order chi connectivity index (χ1) is 13.6. The third kappa shape index (κ3) is 5.08. The highest BCUT2D eigenvalue weighted by molar-refractivity contribution is 14.1. The van der Waals surface area contributed by atoms with Gasteiger partial charge in [0.15, 0.2) is 0 Å². The Morgan fingerprint density at radius 1 is 1.38 bits per heavy atom. The molecule has 3 rings (SSSR count). The summed E-state index contributed by atoms with van der Waals surface area (Å²) in [5.41, 5.74) is 0.854. The Morgan fingerprint density at radius 2 is 2.03 bits per heavy atom. The van der Waals surface area contributed by atoms with E-state index in [1.165, 1.54) is 16.7 Å². The van der Waals surface area contributed by atoms with Crippen LogP contribution in [0.1, 0.15) is 12.5 Å². The Kier molecular flexibility index (Phi) is 7.20. The topological polar surface area (TPSA) is 75.7 Å². The number of ether oxygens (including phenoxy) is 1. The molecule has 0 aromatic heterocycles. The van der Waals surface area contributed by atoms with Crippen molar-refractivity contribution in [2.45, 2.75) is 38.7 Å². The molecule has 2 aliphatic rings. The quantitative estimate of drug-likeness (QED) is 0.238. The highest BCUT2D eigenvalue weighted by atomic mass is 127. The Bertz CT molecular complexity index is 812. The molecule has 2 heterocycles. The fourth-order valence-corrected chi connectivity index (χ4v) is 6.00. The standard InChI is InChI=1S/C18H18Cl3IN2O4S/c1-17(22)9-29-15-12(23-11(25)7-10-5-3-2-4-6-10)14(26)24(15)13(17)16(27)28-18(20,21)8-19/h2-6,12-13,15H,7-9H2,1H3,(H,23,25)/t12?,13?,15-,17?/m1/s1. The van der Waals surface area contributed by atoms with Crippen molar-refractivity contribution in [2.75, 3.05) is 11.6 Å². The normalized spacial score (nSPS) is 28.9. The lowest BCUT2D eigenvalue weighted by molar-refractivity contribution is -0.168. The third-order valence-electron chi connectivity index (χ3n) is 4.62. The second kappa shape index (κ2) is 8.98. The molecule has 11 heteroatoms. The Morgan fingerprint density at radius 3 is 2.66 bits per heavy atom. The number of esters is 1. The average molecular weight is 592 g/mol. The summed E-state index contributed by atoms with van der Waals surface area (Å²) in [6.45, 7) is 1.85. The number of β-lactam (4-membered cyclic amide) rings is 1. The van der Waals surface area contributed by atoms with E-state index in [1.807, 2.05) is 37.3 Å². The van der Waals surface area contributed by atoms with Gasteiger partial charge in [0, 0.05) is 5.75 Å². The molecule has 0 saturated carbocycles. The molecule has 2 saturated heterocycles. The van der Waals surface area contributed by atoms with Crippen LogP contribution in [0.4, 0.5) is 0 Å². The Hall–Kier alpha value is -0.420. The van der Waals surface area contributed by atoms with Gasteiger partial charge in [-0.15, -0.1) is 23.4 Å². The number of fused-ring (bicyclic) bond motifs is 1. The van der Waals surface area contributed by atoms with Gasteiger partial charge in [0.25, 0.3) is 4.52 Å². The molecule has 2 amide bonds. The number of carbonyl (C=O) groups is 3. The minimum absolute atomic E-state index is 0.175. The van der Waals surface area contributed by atoms with Crippen LogP contribution in [0.5, 0.6) is 0 Å². The molecule has 0 radical (unpaired) electrons. The first-order valence-electron chi connectivity index (χ1n) is 8.68. The van der Waals surface area contributed by atoms with E-state index in [-0.39, 0.29) is 29.5 Å². The average Bonchev–Trinajstić information content (AvgIpc) is 2.65. The zero-order chi connectivity index (χ0) is 21.4. The van der Waals surface area contributed by atoms with E-state index in [4.69, 9.17) is 39.5 Å². The number of amides is 2. The minimum Gasteiger partial charge on any atom is -0.426 e. The van der Waals surface area contributed by atoms with Crippen LogP contribution in [-0.2, 0) is 25.5 Å². The molecule has 0 spiro atoms. The highest BCUT2D eigenvalue weighted by Gasteiger charge is 2.61. The summed E-state index contributed by atoms with van der Waals surface area (Å²) in [7, 11) is 0. The van der Waals surface area contributed by atoms with Gasteiger partial charge in [-0.3, -0.25) is 9.59 Å². The molecule has 1 aromatic rings. The molecule has 0 aliphatic carbocycles. The summed E-state index contributed by atoms with van der Waals surface area (Å²) in [4.78, 5) is 39.4. The zero-order valence-electron chi connectivity index (χ0n) is 15.2. The van der Waals surface area contributed by atoms with E-state index < -0.39 is 26.0 Å². The van der Waals surface area contributed by atoms with Gasteiger partial charge in [-0.25, -0.2) is 4.79 Å². The number of hydrogen-bond donors (Lipinski definition) is 1. The van der Waals surface area contributed by atoms with Crippen LogP contribution < -0.4 is 5.32 Å². The molecular formula is C18H18Cl3IN2O4S. The van der Waals surface area contributed by atoms with Gasteiger partial charge in [-0.05, 0) is 12.5 Å². The molecule has 0 bridgehead atoms. The van der Waals surface area contributed by atoms with Crippen LogP contribution in [0.15, 0.2) is 30.3 Å². The summed E-state index contributed by atoms with van der Waals surface area (Å²) >= 11 is 21.0. The van der Waals surface area contributed by atoms with Crippen molar-refractivity contribution in [3.05, 3.63) is 35.9 Å². The highest BCUT2D eigenvalue weighted by Crippen LogP contribution is 2.47. The van der Waals surface area contributed by atoms with Gasteiger partial charge < -0.3 is 15.0 Å². The fraction of sp³-hybridized carbons (Fsp3) is 0.500. The maximum atomic E-state index is 12.8. The first-order valence-corrected chi connectivity index (χ1v) is 12.1. The first kappa shape index (κ1) is 23.2. The lowest BCUT2D eigenvalue weighted by atomic mass is 9.94. The van der Waals surface area contributed by atoms with Gasteiger partial charge in [0.2, 0.25) is 11.8 Å². The van der Waals surface area contributed by atoms with Crippen molar-refractivity contribution in [2.24, 2.45) is 0 Å². The SMILES string of the molecule is CC1(I)CS[C@@H]2C(NC(=O)Cc3ccccc3)C(=O)N2C1C(=O)OC(Cl)(Cl)CCl. The van der Waals surface area contributed by atoms with Crippen molar-refractivity contribution in [3.8, 4) is 0 Å². The predicted molar refractivity (Wildman–Crippen MR) is 123 cm³/mol. The van der Waals surface area contributed by atoms with Crippen LogP contribution in [0.2, 0.25) is 0 Å². The van der Waals surface area contributed by atoms with E-state index in [1.54, 1.807) is 0 Å². The smallest absolute Gasteiger partial charge is 0.332 e. The number of halogens is 4. The van der Waals surface area contributed by atoms with E-state index in [0.717, 1.165) is 5.56 Å². The van der Waals surface area contributed by atoms with Crippen LogP contribution in [-0.4, -0.2) is 59.7 Å². The molecule has 158 valence electrons. The van der Waals surface area contributed by atoms with Crippen LogP contribution >= 0.6 is 69.2 Å². The maximum absolute atomic E-state index is 12.8. The van der Waals surface area contributed by atoms with Gasteiger partial charge >= 0.3 is 5.97 Å². The van der Waals surface area contributed by atoms with E-state index >= 15 is 0 Å². The lowest BCUT2D eigenvalue weighted by Crippen LogP contribution is -2.78.